The Kier molecular flexibility index (Phi) is 8.72. The molecule has 2 aromatic carbocycles. The molecule has 30 heavy (non-hydrogen) atoms. The van der Waals surface area contributed by atoms with Crippen molar-refractivity contribution in [2.45, 2.75) is 45.7 Å². The molecule has 0 aliphatic rings. The molecule has 2 aromatic rings. The highest BCUT2D eigenvalue weighted by Gasteiger charge is 2.10. The lowest BCUT2D eigenvalue weighted by Crippen LogP contribution is -2.36. The summed E-state index contributed by atoms with van der Waals surface area (Å²) in [4.78, 5) is 4.98. The predicted molar refractivity (Wildman–Crippen MR) is 123 cm³/mol. The summed E-state index contributed by atoms with van der Waals surface area (Å²) >= 11 is 0. The van der Waals surface area contributed by atoms with E-state index in [1.807, 2.05) is 50.2 Å². The summed E-state index contributed by atoms with van der Waals surface area (Å²) in [5, 5.41) is 6.57. The first-order valence-electron chi connectivity index (χ1n) is 10.2. The summed E-state index contributed by atoms with van der Waals surface area (Å²) in [6.45, 7) is 10.6. The van der Waals surface area contributed by atoms with Crippen LogP contribution >= 0.6 is 0 Å². The van der Waals surface area contributed by atoms with E-state index in [2.05, 4.69) is 29.5 Å². The molecule has 0 radical (unpaired) electrons. The van der Waals surface area contributed by atoms with Gasteiger partial charge in [-0.25, -0.2) is 13.4 Å². The maximum absolute atomic E-state index is 11.8. The van der Waals surface area contributed by atoms with Crippen molar-refractivity contribution >= 4 is 15.8 Å². The largest absolute Gasteiger partial charge is 0.493 e. The maximum Gasteiger partial charge on any atom is 0.191 e. The molecule has 0 aliphatic carbocycles. The Bertz CT molecular complexity index is 952. The van der Waals surface area contributed by atoms with Crippen LogP contribution in [0.1, 0.15) is 37.5 Å². The van der Waals surface area contributed by atoms with E-state index in [0.717, 1.165) is 29.0 Å². The predicted octanol–water partition coefficient (Wildman–Crippen LogP) is 3.69. The zero-order valence-electron chi connectivity index (χ0n) is 18.5. The highest BCUT2D eigenvalue weighted by molar-refractivity contribution is 7.90. The number of nitrogens with one attached hydrogen (secondary N) is 2. The van der Waals surface area contributed by atoms with Gasteiger partial charge in [0, 0.05) is 19.3 Å². The third-order valence-electron chi connectivity index (χ3n) is 4.37. The van der Waals surface area contributed by atoms with E-state index < -0.39 is 9.84 Å². The number of hydrogen-bond acceptors (Lipinski definition) is 4. The Morgan fingerprint density at radius 3 is 2.30 bits per heavy atom. The average molecular weight is 432 g/mol. The van der Waals surface area contributed by atoms with Gasteiger partial charge in [0.2, 0.25) is 0 Å². The first kappa shape index (κ1) is 23.7. The van der Waals surface area contributed by atoms with Crippen molar-refractivity contribution in [3.05, 3.63) is 59.2 Å². The van der Waals surface area contributed by atoms with Gasteiger partial charge in [-0.3, -0.25) is 0 Å². The van der Waals surface area contributed by atoms with Crippen LogP contribution in [0.25, 0.3) is 0 Å². The van der Waals surface area contributed by atoms with Crippen molar-refractivity contribution < 1.29 is 13.2 Å². The first-order valence-corrected chi connectivity index (χ1v) is 12.1. The molecule has 0 spiro atoms. The van der Waals surface area contributed by atoms with Crippen molar-refractivity contribution in [2.24, 2.45) is 10.9 Å². The normalized spacial score (nSPS) is 12.1. The lowest BCUT2D eigenvalue weighted by atomic mass is 10.1. The summed E-state index contributed by atoms with van der Waals surface area (Å²) in [6.07, 6.45) is 1.23. The third kappa shape index (κ3) is 7.71. The van der Waals surface area contributed by atoms with Gasteiger partial charge in [0.05, 0.1) is 18.0 Å². The molecule has 6 nitrogen and oxygen atoms in total. The standard InChI is InChI=1S/C23H33N3O3S/c1-6-24-23(25-14-19-7-10-21(11-8-19)29-16-17(2)3)26-15-20-9-12-22(18(4)13-20)30(5,27)28/h7-13,17H,6,14-16H2,1-5H3,(H2,24,25,26). The molecule has 0 aromatic heterocycles. The molecule has 0 atom stereocenters. The zero-order chi connectivity index (χ0) is 22.1. The molecule has 2 rings (SSSR count). The highest BCUT2D eigenvalue weighted by Crippen LogP contribution is 2.17. The minimum atomic E-state index is -3.21. The highest BCUT2D eigenvalue weighted by atomic mass is 32.2. The van der Waals surface area contributed by atoms with Crippen molar-refractivity contribution in [1.29, 1.82) is 0 Å². The van der Waals surface area contributed by atoms with Crippen LogP contribution in [0.15, 0.2) is 52.4 Å². The minimum Gasteiger partial charge on any atom is -0.493 e. The number of sulfone groups is 1. The molecule has 7 heteroatoms. The Hall–Kier alpha value is -2.54. The topological polar surface area (TPSA) is 79.8 Å². The molecule has 0 saturated heterocycles. The number of ether oxygens (including phenoxy) is 1. The zero-order valence-corrected chi connectivity index (χ0v) is 19.3. The Balaban J connectivity index is 1.98. The fraction of sp³-hybridized carbons (Fsp3) is 0.435. The number of nitrogens with zero attached hydrogens (tertiary/aromatic N) is 1. The number of benzene rings is 2. The minimum absolute atomic E-state index is 0.362. The summed E-state index contributed by atoms with van der Waals surface area (Å²) in [5.41, 5.74) is 2.83. The van der Waals surface area contributed by atoms with Gasteiger partial charge in [0.1, 0.15) is 5.75 Å². The molecule has 0 bridgehead atoms. The van der Waals surface area contributed by atoms with E-state index in [-0.39, 0.29) is 0 Å². The smallest absolute Gasteiger partial charge is 0.191 e. The van der Waals surface area contributed by atoms with E-state index in [1.165, 1.54) is 6.26 Å². The third-order valence-corrected chi connectivity index (χ3v) is 5.63. The number of rotatable bonds is 9. The van der Waals surface area contributed by atoms with Gasteiger partial charge in [-0.05, 0) is 54.7 Å². The lowest BCUT2D eigenvalue weighted by Gasteiger charge is -2.13. The van der Waals surface area contributed by atoms with Crippen LogP contribution in [0.5, 0.6) is 5.75 Å². The second-order valence-corrected chi connectivity index (χ2v) is 9.75. The summed E-state index contributed by atoms with van der Waals surface area (Å²) < 4.78 is 29.3. The second-order valence-electron chi connectivity index (χ2n) is 7.77. The van der Waals surface area contributed by atoms with Crippen LogP contribution in [0.3, 0.4) is 0 Å². The van der Waals surface area contributed by atoms with Crippen LogP contribution in [0.4, 0.5) is 0 Å². The van der Waals surface area contributed by atoms with Crippen molar-refractivity contribution in [3.8, 4) is 5.75 Å². The van der Waals surface area contributed by atoms with E-state index in [1.54, 1.807) is 6.07 Å². The first-order chi connectivity index (χ1) is 14.2. The van der Waals surface area contributed by atoms with Crippen LogP contribution in [-0.2, 0) is 22.9 Å². The molecule has 0 heterocycles. The molecular weight excluding hydrogens is 398 g/mol. The maximum atomic E-state index is 11.8. The number of guanidine groups is 1. The van der Waals surface area contributed by atoms with E-state index >= 15 is 0 Å². The van der Waals surface area contributed by atoms with Gasteiger partial charge < -0.3 is 15.4 Å². The monoisotopic (exact) mass is 431 g/mol. The van der Waals surface area contributed by atoms with E-state index in [0.29, 0.717) is 36.5 Å². The summed E-state index contributed by atoms with van der Waals surface area (Å²) in [6, 6.07) is 13.4. The molecule has 0 saturated carbocycles. The SMILES string of the molecule is CCNC(=NCc1ccc(S(C)(=O)=O)c(C)c1)NCc1ccc(OCC(C)C)cc1. The quantitative estimate of drug-likeness (QED) is 0.468. The number of aryl methyl sites for hydroxylation is 1. The molecule has 2 N–H and O–H groups in total. The van der Waals surface area contributed by atoms with Crippen LogP contribution in [0, 0.1) is 12.8 Å². The average Bonchev–Trinajstić information content (AvgIpc) is 2.68. The van der Waals surface area contributed by atoms with Crippen molar-refractivity contribution in [3.63, 3.8) is 0 Å². The molecule has 164 valence electrons. The molecule has 0 fully saturated rings. The molecule has 0 unspecified atom stereocenters. The van der Waals surface area contributed by atoms with Crippen LogP contribution in [-0.4, -0.2) is 33.8 Å². The van der Waals surface area contributed by atoms with E-state index in [4.69, 9.17) is 4.74 Å². The van der Waals surface area contributed by atoms with Crippen molar-refractivity contribution in [1.82, 2.24) is 10.6 Å². The Morgan fingerprint density at radius 1 is 1.07 bits per heavy atom. The lowest BCUT2D eigenvalue weighted by molar-refractivity contribution is 0.271. The molecular formula is C23H33N3O3S. The summed E-state index contributed by atoms with van der Waals surface area (Å²) in [5.74, 6) is 2.08. The summed E-state index contributed by atoms with van der Waals surface area (Å²) in [7, 11) is -3.21. The Morgan fingerprint density at radius 2 is 1.73 bits per heavy atom. The molecule has 0 aliphatic heterocycles. The number of hydrogen-bond donors (Lipinski definition) is 2. The van der Waals surface area contributed by atoms with Gasteiger partial charge in [0.25, 0.3) is 0 Å². The van der Waals surface area contributed by atoms with Gasteiger partial charge in [-0.1, -0.05) is 38.1 Å². The number of aliphatic imine (C=N–C) groups is 1. The fourth-order valence-electron chi connectivity index (χ4n) is 2.89. The van der Waals surface area contributed by atoms with Gasteiger partial charge in [-0.15, -0.1) is 0 Å². The molecule has 0 amide bonds. The van der Waals surface area contributed by atoms with Gasteiger partial charge >= 0.3 is 0 Å². The van der Waals surface area contributed by atoms with Gasteiger partial charge in [0.15, 0.2) is 15.8 Å². The van der Waals surface area contributed by atoms with Crippen LogP contribution < -0.4 is 15.4 Å². The van der Waals surface area contributed by atoms with Crippen molar-refractivity contribution in [2.75, 3.05) is 19.4 Å². The van der Waals surface area contributed by atoms with Crippen LogP contribution in [0.2, 0.25) is 0 Å². The van der Waals surface area contributed by atoms with E-state index in [9.17, 15) is 8.42 Å². The Labute approximate surface area is 180 Å². The second kappa shape index (κ2) is 11.0. The fourth-order valence-corrected chi connectivity index (χ4v) is 3.85. The van der Waals surface area contributed by atoms with Gasteiger partial charge in [-0.2, -0.15) is 0 Å².